The number of hydrogen-bond acceptors (Lipinski definition) is 3. The summed E-state index contributed by atoms with van der Waals surface area (Å²) in [6, 6.07) is 16.8. The summed E-state index contributed by atoms with van der Waals surface area (Å²) in [5.41, 5.74) is 1.59. The molecule has 1 aliphatic rings. The van der Waals surface area contributed by atoms with Gasteiger partial charge in [-0.15, -0.1) is 0 Å². The van der Waals surface area contributed by atoms with Crippen molar-refractivity contribution in [3.8, 4) is 0 Å². The number of carbonyl (C=O) groups excluding carboxylic acids is 2. The maximum absolute atomic E-state index is 12.8. The number of amides is 2. The van der Waals surface area contributed by atoms with Crippen LogP contribution in [0.1, 0.15) is 5.56 Å². The maximum atomic E-state index is 12.8. The van der Waals surface area contributed by atoms with Crippen molar-refractivity contribution in [1.29, 1.82) is 0 Å². The molecule has 6 heteroatoms. The Bertz CT molecular complexity index is 907. The fourth-order valence-corrected chi connectivity index (χ4v) is 3.01. The third-order valence-corrected chi connectivity index (χ3v) is 4.30. The molecule has 0 unspecified atom stereocenters. The Hall–Kier alpha value is -2.57. The van der Waals surface area contributed by atoms with Gasteiger partial charge in [0.25, 0.3) is 11.8 Å². The quantitative estimate of drug-likeness (QED) is 0.473. The lowest BCUT2D eigenvalue weighted by atomic mass is 10.1. The van der Waals surface area contributed by atoms with Crippen molar-refractivity contribution in [1.82, 2.24) is 5.32 Å². The number of hydrogen-bond donors (Lipinski definition) is 1. The van der Waals surface area contributed by atoms with Crippen molar-refractivity contribution in [2.45, 2.75) is 0 Å². The van der Waals surface area contributed by atoms with Gasteiger partial charge >= 0.3 is 0 Å². The summed E-state index contributed by atoms with van der Waals surface area (Å²) in [7, 11) is 0. The van der Waals surface area contributed by atoms with Gasteiger partial charge in [0, 0.05) is 4.47 Å². The second-order valence-corrected chi connectivity index (χ2v) is 6.53. The van der Waals surface area contributed by atoms with Crippen LogP contribution in [0.15, 0.2) is 76.8 Å². The van der Waals surface area contributed by atoms with Crippen LogP contribution in [0.5, 0.6) is 0 Å². The second kappa shape index (κ2) is 7.55. The Balaban J connectivity index is 1.90. The Morgan fingerprint density at radius 3 is 2.52 bits per heavy atom. The van der Waals surface area contributed by atoms with Crippen molar-refractivity contribution in [3.05, 3.63) is 82.4 Å². The molecule has 2 amide bonds. The number of rotatable bonds is 3. The van der Waals surface area contributed by atoms with E-state index in [-0.39, 0.29) is 10.7 Å². The lowest BCUT2D eigenvalue weighted by Gasteiger charge is -2.28. The highest BCUT2D eigenvalue weighted by Crippen LogP contribution is 2.24. The van der Waals surface area contributed by atoms with Crippen molar-refractivity contribution >= 4 is 56.8 Å². The van der Waals surface area contributed by atoms with E-state index in [1.165, 1.54) is 11.0 Å². The van der Waals surface area contributed by atoms with Crippen molar-refractivity contribution in [3.63, 3.8) is 0 Å². The molecule has 1 fully saturated rings. The van der Waals surface area contributed by atoms with E-state index in [0.717, 1.165) is 10.0 Å². The number of thiocarbonyl (C=S) groups is 1. The molecule has 1 N–H and O–H groups in total. The zero-order chi connectivity index (χ0) is 17.8. The molecule has 0 saturated carbocycles. The molecule has 1 heterocycles. The van der Waals surface area contributed by atoms with Gasteiger partial charge in [-0.2, -0.15) is 0 Å². The summed E-state index contributed by atoms with van der Waals surface area (Å²) < 4.78 is 0.812. The molecule has 3 rings (SSSR count). The molecule has 1 aliphatic heterocycles. The highest BCUT2D eigenvalue weighted by atomic mass is 79.9. The normalized spacial score (nSPS) is 16.6. The SMILES string of the molecule is O=C1NC(=S)N(c2cccc(Br)c2)C(=O)/C1=C\C=C\c1ccccc1. The minimum Gasteiger partial charge on any atom is -0.298 e. The minimum absolute atomic E-state index is 0.0285. The van der Waals surface area contributed by atoms with Crippen molar-refractivity contribution < 1.29 is 9.59 Å². The first-order valence-corrected chi connectivity index (χ1v) is 8.65. The number of halogens is 1. The van der Waals surface area contributed by atoms with E-state index in [4.69, 9.17) is 12.2 Å². The monoisotopic (exact) mass is 412 g/mol. The van der Waals surface area contributed by atoms with E-state index >= 15 is 0 Å². The van der Waals surface area contributed by atoms with Crippen LogP contribution in [0.25, 0.3) is 6.08 Å². The summed E-state index contributed by atoms with van der Waals surface area (Å²) in [4.78, 5) is 26.2. The fourth-order valence-electron chi connectivity index (χ4n) is 2.35. The average molecular weight is 413 g/mol. The van der Waals surface area contributed by atoms with Gasteiger partial charge < -0.3 is 0 Å². The van der Waals surface area contributed by atoms with Crippen LogP contribution in [0, 0.1) is 0 Å². The van der Waals surface area contributed by atoms with E-state index in [2.05, 4.69) is 21.2 Å². The van der Waals surface area contributed by atoms with Crippen LogP contribution in [0.3, 0.4) is 0 Å². The molecule has 1 saturated heterocycles. The third-order valence-electron chi connectivity index (χ3n) is 3.52. The van der Waals surface area contributed by atoms with Crippen LogP contribution in [0.4, 0.5) is 5.69 Å². The molecular formula is C19H13BrN2O2S. The standard InChI is InChI=1S/C19H13BrN2O2S/c20-14-9-5-10-15(12-14)22-18(24)16(17(23)21-19(22)25)11-4-8-13-6-2-1-3-7-13/h1-12H,(H,21,23,25)/b8-4+,16-11-. The highest BCUT2D eigenvalue weighted by molar-refractivity contribution is 9.10. The molecule has 0 radical (unpaired) electrons. The summed E-state index contributed by atoms with van der Waals surface area (Å²) in [6.07, 6.45) is 5.00. The topological polar surface area (TPSA) is 49.4 Å². The summed E-state index contributed by atoms with van der Waals surface area (Å²) in [5, 5.41) is 2.62. The molecule has 0 aliphatic carbocycles. The van der Waals surface area contributed by atoms with E-state index in [0.29, 0.717) is 5.69 Å². The van der Waals surface area contributed by atoms with E-state index in [1.54, 1.807) is 24.3 Å². The Labute approximate surface area is 159 Å². The minimum atomic E-state index is -0.501. The first kappa shape index (κ1) is 17.3. The molecule has 2 aromatic carbocycles. The number of nitrogens with zero attached hydrogens (tertiary/aromatic N) is 1. The van der Waals surface area contributed by atoms with Crippen molar-refractivity contribution in [2.75, 3.05) is 4.90 Å². The van der Waals surface area contributed by atoms with Gasteiger partial charge in [0.05, 0.1) is 5.69 Å². The number of allylic oxidation sites excluding steroid dienone is 2. The maximum Gasteiger partial charge on any atom is 0.270 e. The largest absolute Gasteiger partial charge is 0.298 e. The van der Waals surface area contributed by atoms with Crippen LogP contribution in [-0.4, -0.2) is 16.9 Å². The average Bonchev–Trinajstić information content (AvgIpc) is 2.58. The Morgan fingerprint density at radius 1 is 1.04 bits per heavy atom. The van der Waals surface area contributed by atoms with Crippen molar-refractivity contribution in [2.24, 2.45) is 0 Å². The van der Waals surface area contributed by atoms with Crippen LogP contribution < -0.4 is 10.2 Å². The third kappa shape index (κ3) is 3.92. The molecule has 2 aromatic rings. The first-order chi connectivity index (χ1) is 12.1. The van der Waals surface area contributed by atoms with Gasteiger partial charge in [-0.25, -0.2) is 0 Å². The first-order valence-electron chi connectivity index (χ1n) is 7.45. The molecule has 0 atom stereocenters. The predicted octanol–water partition coefficient (Wildman–Crippen LogP) is 3.84. The van der Waals surface area contributed by atoms with Gasteiger partial charge in [0.15, 0.2) is 5.11 Å². The molecule has 25 heavy (non-hydrogen) atoms. The molecular weight excluding hydrogens is 400 g/mol. The molecule has 0 aromatic heterocycles. The van der Waals surface area contributed by atoms with Gasteiger partial charge in [-0.05, 0) is 42.1 Å². The van der Waals surface area contributed by atoms with Gasteiger partial charge in [0.1, 0.15) is 5.57 Å². The number of carbonyl (C=O) groups is 2. The lowest BCUT2D eigenvalue weighted by Crippen LogP contribution is -2.54. The Kier molecular flexibility index (Phi) is 5.21. The molecule has 4 nitrogen and oxygen atoms in total. The van der Waals surface area contributed by atoms with Crippen LogP contribution >= 0.6 is 28.1 Å². The Morgan fingerprint density at radius 2 is 1.80 bits per heavy atom. The summed E-state index contributed by atoms with van der Waals surface area (Å²) in [6.45, 7) is 0. The van der Waals surface area contributed by atoms with Crippen LogP contribution in [0.2, 0.25) is 0 Å². The summed E-state index contributed by atoms with van der Waals surface area (Å²) >= 11 is 8.53. The number of benzene rings is 2. The highest BCUT2D eigenvalue weighted by Gasteiger charge is 2.34. The molecule has 0 spiro atoms. The van der Waals surface area contributed by atoms with Gasteiger partial charge in [-0.3, -0.25) is 19.8 Å². The van der Waals surface area contributed by atoms with Crippen LogP contribution in [-0.2, 0) is 9.59 Å². The second-order valence-electron chi connectivity index (χ2n) is 5.23. The van der Waals surface area contributed by atoms with E-state index in [1.807, 2.05) is 42.5 Å². The lowest BCUT2D eigenvalue weighted by molar-refractivity contribution is -0.122. The predicted molar refractivity (Wildman–Crippen MR) is 106 cm³/mol. The van der Waals surface area contributed by atoms with Gasteiger partial charge in [-0.1, -0.05) is 64.5 Å². The zero-order valence-electron chi connectivity index (χ0n) is 13.0. The smallest absolute Gasteiger partial charge is 0.270 e. The summed E-state index contributed by atoms with van der Waals surface area (Å²) in [5.74, 6) is -0.955. The zero-order valence-corrected chi connectivity index (χ0v) is 15.4. The van der Waals surface area contributed by atoms with E-state index < -0.39 is 11.8 Å². The fraction of sp³-hybridized carbons (Fsp3) is 0. The number of anilines is 1. The number of nitrogens with one attached hydrogen (secondary N) is 1. The van der Waals surface area contributed by atoms with E-state index in [9.17, 15) is 9.59 Å². The molecule has 124 valence electrons. The van der Waals surface area contributed by atoms with Gasteiger partial charge in [0.2, 0.25) is 0 Å². The molecule has 0 bridgehead atoms.